The molecule has 3 fully saturated rings. The number of carbonyl (C=O) groups excluding carboxylic acids is 1. The number of ether oxygens (including phenoxy) is 2. The standard InChI is InChI=1S/C25H48N4O4/c1-20(14-21(2)19-32-3)17-28-6-4-23(5-7-28)33-24-15-22(16-24)26-25(31)18-29-10-8-27(9-11-29)12-13-30/h20-24,30H,4-19H2,1-3H3,(H,26,31). The molecular weight excluding hydrogens is 420 g/mol. The van der Waals surface area contributed by atoms with E-state index in [1.807, 2.05) is 0 Å². The fourth-order valence-electron chi connectivity index (χ4n) is 5.64. The molecule has 3 aliphatic rings. The number of hydrogen-bond acceptors (Lipinski definition) is 7. The smallest absolute Gasteiger partial charge is 0.234 e. The summed E-state index contributed by atoms with van der Waals surface area (Å²) in [5, 5.41) is 12.2. The third kappa shape index (κ3) is 9.42. The Balaban J connectivity index is 1.22. The average Bonchev–Trinajstić information content (AvgIpc) is 2.75. The second-order valence-corrected chi connectivity index (χ2v) is 10.7. The number of β-amino-alcohol motifs (C(OH)–C–C–N with tert-alkyl or cyclic N) is 1. The van der Waals surface area contributed by atoms with Crippen molar-refractivity contribution in [3.8, 4) is 0 Å². The van der Waals surface area contributed by atoms with E-state index in [0.29, 0.717) is 30.6 Å². The van der Waals surface area contributed by atoms with Crippen LogP contribution in [0.15, 0.2) is 0 Å². The van der Waals surface area contributed by atoms with Crippen molar-refractivity contribution in [2.75, 3.05) is 79.2 Å². The van der Waals surface area contributed by atoms with Gasteiger partial charge in [0.25, 0.3) is 0 Å². The molecule has 33 heavy (non-hydrogen) atoms. The summed E-state index contributed by atoms with van der Waals surface area (Å²) >= 11 is 0. The van der Waals surface area contributed by atoms with E-state index in [-0.39, 0.29) is 18.6 Å². The van der Waals surface area contributed by atoms with Gasteiger partial charge in [-0.15, -0.1) is 0 Å². The van der Waals surface area contributed by atoms with Gasteiger partial charge in [0.1, 0.15) is 0 Å². The van der Waals surface area contributed by atoms with Crippen LogP contribution >= 0.6 is 0 Å². The Morgan fingerprint density at radius 2 is 1.64 bits per heavy atom. The van der Waals surface area contributed by atoms with E-state index in [9.17, 15) is 4.79 Å². The number of rotatable bonds is 13. The van der Waals surface area contributed by atoms with Gasteiger partial charge in [-0.25, -0.2) is 0 Å². The van der Waals surface area contributed by atoms with Crippen LogP contribution in [0, 0.1) is 11.8 Å². The molecule has 2 unspecified atom stereocenters. The average molecular weight is 469 g/mol. The fourth-order valence-corrected chi connectivity index (χ4v) is 5.64. The predicted molar refractivity (Wildman–Crippen MR) is 130 cm³/mol. The molecule has 3 rings (SSSR count). The summed E-state index contributed by atoms with van der Waals surface area (Å²) in [5.74, 6) is 1.46. The highest BCUT2D eigenvalue weighted by atomic mass is 16.5. The van der Waals surface area contributed by atoms with Gasteiger partial charge in [-0.3, -0.25) is 14.6 Å². The van der Waals surface area contributed by atoms with Gasteiger partial charge in [0.05, 0.1) is 25.4 Å². The van der Waals surface area contributed by atoms with Crippen molar-refractivity contribution in [1.29, 1.82) is 0 Å². The molecule has 2 N–H and O–H groups in total. The molecule has 0 aromatic rings. The zero-order valence-corrected chi connectivity index (χ0v) is 21.2. The Morgan fingerprint density at radius 1 is 0.970 bits per heavy atom. The minimum atomic E-state index is 0.135. The van der Waals surface area contributed by atoms with Crippen LogP contribution in [0.5, 0.6) is 0 Å². The molecule has 0 spiro atoms. The highest BCUT2D eigenvalue weighted by Crippen LogP contribution is 2.28. The quantitative estimate of drug-likeness (QED) is 0.418. The van der Waals surface area contributed by atoms with E-state index < -0.39 is 0 Å². The second-order valence-electron chi connectivity index (χ2n) is 10.7. The Morgan fingerprint density at radius 3 is 2.27 bits per heavy atom. The summed E-state index contributed by atoms with van der Waals surface area (Å²) in [6, 6.07) is 0.271. The molecule has 8 nitrogen and oxygen atoms in total. The van der Waals surface area contributed by atoms with E-state index in [0.717, 1.165) is 78.1 Å². The molecule has 0 aromatic carbocycles. The largest absolute Gasteiger partial charge is 0.395 e. The number of nitrogens with one attached hydrogen (secondary N) is 1. The normalized spacial score (nSPS) is 27.8. The number of piperidine rings is 1. The van der Waals surface area contributed by atoms with Crippen LogP contribution in [0.3, 0.4) is 0 Å². The highest BCUT2D eigenvalue weighted by Gasteiger charge is 2.34. The molecule has 0 aromatic heterocycles. The second kappa shape index (κ2) is 14.0. The number of nitrogens with zero attached hydrogens (tertiary/aromatic N) is 3. The lowest BCUT2D eigenvalue weighted by Crippen LogP contribution is -2.54. The van der Waals surface area contributed by atoms with E-state index in [1.54, 1.807) is 7.11 Å². The summed E-state index contributed by atoms with van der Waals surface area (Å²) in [6.45, 7) is 14.0. The number of methoxy groups -OCH3 is 1. The molecule has 0 radical (unpaired) electrons. The zero-order valence-electron chi connectivity index (χ0n) is 21.2. The van der Waals surface area contributed by atoms with Crippen LogP contribution < -0.4 is 5.32 Å². The molecule has 1 aliphatic carbocycles. The van der Waals surface area contributed by atoms with E-state index in [2.05, 4.69) is 33.9 Å². The maximum Gasteiger partial charge on any atom is 0.234 e. The van der Waals surface area contributed by atoms with Gasteiger partial charge in [-0.05, 0) is 43.9 Å². The van der Waals surface area contributed by atoms with Crippen molar-refractivity contribution in [3.05, 3.63) is 0 Å². The number of aliphatic hydroxyl groups is 1. The summed E-state index contributed by atoms with van der Waals surface area (Å²) in [7, 11) is 1.79. The SMILES string of the molecule is COCC(C)CC(C)CN1CCC(OC2CC(NC(=O)CN3CCN(CCO)CC3)C2)CC1. The van der Waals surface area contributed by atoms with Gasteiger partial charge < -0.3 is 24.8 Å². The van der Waals surface area contributed by atoms with Gasteiger partial charge in [0.15, 0.2) is 0 Å². The van der Waals surface area contributed by atoms with E-state index >= 15 is 0 Å². The Bertz CT molecular complexity index is 559. The first-order valence-corrected chi connectivity index (χ1v) is 13.2. The number of amides is 1. The first-order valence-electron chi connectivity index (χ1n) is 13.2. The predicted octanol–water partition coefficient (Wildman–Crippen LogP) is 1.03. The molecule has 2 aliphatic heterocycles. The molecule has 1 saturated carbocycles. The Hall–Kier alpha value is -0.770. The van der Waals surface area contributed by atoms with Gasteiger partial charge in [0, 0.05) is 72.1 Å². The maximum absolute atomic E-state index is 12.4. The van der Waals surface area contributed by atoms with Crippen LogP contribution in [0.25, 0.3) is 0 Å². The van der Waals surface area contributed by atoms with E-state index in [4.69, 9.17) is 14.6 Å². The number of carbonyl (C=O) groups is 1. The van der Waals surface area contributed by atoms with Gasteiger partial charge in [-0.1, -0.05) is 13.8 Å². The molecule has 2 heterocycles. The molecular formula is C25H48N4O4. The highest BCUT2D eigenvalue weighted by molar-refractivity contribution is 5.78. The monoisotopic (exact) mass is 468 g/mol. The lowest BCUT2D eigenvalue weighted by Gasteiger charge is -2.41. The van der Waals surface area contributed by atoms with Crippen molar-refractivity contribution in [2.24, 2.45) is 11.8 Å². The Kier molecular flexibility index (Phi) is 11.3. The molecule has 2 atom stereocenters. The lowest BCUT2D eigenvalue weighted by molar-refractivity contribution is -0.127. The summed E-state index contributed by atoms with van der Waals surface area (Å²) in [6.07, 6.45) is 6.05. The zero-order chi connectivity index (χ0) is 23.6. The topological polar surface area (TPSA) is 77.5 Å². The maximum atomic E-state index is 12.4. The lowest BCUT2D eigenvalue weighted by atomic mass is 9.88. The van der Waals surface area contributed by atoms with E-state index in [1.165, 1.54) is 13.0 Å². The van der Waals surface area contributed by atoms with Gasteiger partial charge in [0.2, 0.25) is 5.91 Å². The number of aliphatic hydroxyl groups excluding tert-OH is 1. The molecule has 1 amide bonds. The van der Waals surface area contributed by atoms with Crippen molar-refractivity contribution in [3.63, 3.8) is 0 Å². The molecule has 8 heteroatoms. The minimum absolute atomic E-state index is 0.135. The van der Waals surface area contributed by atoms with Gasteiger partial charge >= 0.3 is 0 Å². The van der Waals surface area contributed by atoms with Gasteiger partial charge in [-0.2, -0.15) is 0 Å². The minimum Gasteiger partial charge on any atom is -0.395 e. The van der Waals surface area contributed by atoms with Crippen LogP contribution in [0.4, 0.5) is 0 Å². The van der Waals surface area contributed by atoms with Crippen LogP contribution in [-0.2, 0) is 14.3 Å². The number of piperazine rings is 1. The molecule has 192 valence electrons. The van der Waals surface area contributed by atoms with Crippen molar-refractivity contribution in [2.45, 2.75) is 64.2 Å². The van der Waals surface area contributed by atoms with Crippen LogP contribution in [0.2, 0.25) is 0 Å². The summed E-state index contributed by atoms with van der Waals surface area (Å²) < 4.78 is 11.6. The first kappa shape index (κ1) is 26.8. The summed E-state index contributed by atoms with van der Waals surface area (Å²) in [4.78, 5) is 19.4. The number of hydrogen-bond donors (Lipinski definition) is 2. The third-order valence-electron chi connectivity index (χ3n) is 7.45. The van der Waals surface area contributed by atoms with Crippen LogP contribution in [-0.4, -0.2) is 123 Å². The number of likely N-dealkylation sites (tertiary alicyclic amines) is 1. The van der Waals surface area contributed by atoms with Crippen molar-refractivity contribution in [1.82, 2.24) is 20.0 Å². The molecule has 0 bridgehead atoms. The Labute approximate surface area is 200 Å². The molecule has 2 saturated heterocycles. The van der Waals surface area contributed by atoms with Crippen molar-refractivity contribution < 1.29 is 19.4 Å². The first-order chi connectivity index (χ1) is 15.9. The third-order valence-corrected chi connectivity index (χ3v) is 7.45. The van der Waals surface area contributed by atoms with Crippen LogP contribution in [0.1, 0.15) is 46.0 Å². The fraction of sp³-hybridized carbons (Fsp3) is 0.960. The summed E-state index contributed by atoms with van der Waals surface area (Å²) in [5.41, 5.74) is 0. The van der Waals surface area contributed by atoms with Crippen molar-refractivity contribution >= 4 is 5.91 Å².